The van der Waals surface area contributed by atoms with Gasteiger partial charge < -0.3 is 19.9 Å². The van der Waals surface area contributed by atoms with E-state index in [1.807, 2.05) is 36.4 Å². The summed E-state index contributed by atoms with van der Waals surface area (Å²) in [5.41, 5.74) is 1.18. The van der Waals surface area contributed by atoms with E-state index in [-0.39, 0.29) is 12.5 Å². The lowest BCUT2D eigenvalue weighted by molar-refractivity contribution is -0.122. The molecule has 3 aromatic rings. The second-order valence-corrected chi connectivity index (χ2v) is 9.08. The number of para-hydroxylation sites is 2. The Morgan fingerprint density at radius 1 is 1.22 bits per heavy atom. The molecule has 0 spiro atoms. The Balaban J connectivity index is 1.29. The highest BCUT2D eigenvalue weighted by atomic mass is 16.3. The SMILES string of the molecule is CC(C)c1nc2ccccc2n1CCCC(=O)NCC1(O)CCCN(c2ccccn2)C1. The Labute approximate surface area is 189 Å². The van der Waals surface area contributed by atoms with E-state index in [9.17, 15) is 9.90 Å². The number of nitrogens with one attached hydrogen (secondary N) is 1. The van der Waals surface area contributed by atoms with E-state index in [0.29, 0.717) is 25.3 Å². The van der Waals surface area contributed by atoms with Gasteiger partial charge in [-0.15, -0.1) is 0 Å². The highest BCUT2D eigenvalue weighted by Crippen LogP contribution is 2.25. The van der Waals surface area contributed by atoms with Crippen molar-refractivity contribution < 1.29 is 9.90 Å². The Bertz CT molecular complexity index is 1050. The fraction of sp³-hybridized carbons (Fsp3) is 0.480. The molecule has 1 aliphatic rings. The maximum absolute atomic E-state index is 12.5. The molecule has 1 fully saturated rings. The van der Waals surface area contributed by atoms with Crippen LogP contribution in [0.1, 0.15) is 51.3 Å². The molecule has 7 heteroatoms. The lowest BCUT2D eigenvalue weighted by Crippen LogP contribution is -2.54. The fourth-order valence-electron chi connectivity index (χ4n) is 4.51. The number of aromatic nitrogens is 3. The van der Waals surface area contributed by atoms with Crippen LogP contribution in [0.3, 0.4) is 0 Å². The first-order valence-corrected chi connectivity index (χ1v) is 11.6. The molecule has 0 bridgehead atoms. The number of pyridine rings is 1. The number of carbonyl (C=O) groups excluding carboxylic acids is 1. The standard InChI is InChI=1S/C25H33N5O2/c1-19(2)24-28-20-9-3-4-10-21(20)30(24)16-7-12-23(31)27-17-25(32)13-8-15-29(18-25)22-11-5-6-14-26-22/h3-6,9-11,14,19,32H,7-8,12-13,15-18H2,1-2H3,(H,27,31). The van der Waals surface area contributed by atoms with Gasteiger partial charge in [-0.2, -0.15) is 0 Å². The number of amides is 1. The summed E-state index contributed by atoms with van der Waals surface area (Å²) in [5.74, 6) is 2.21. The third kappa shape index (κ3) is 5.10. The molecule has 1 aromatic carbocycles. The van der Waals surface area contributed by atoms with Crippen molar-refractivity contribution in [3.63, 3.8) is 0 Å². The number of anilines is 1. The van der Waals surface area contributed by atoms with Gasteiger partial charge in [-0.25, -0.2) is 9.97 Å². The van der Waals surface area contributed by atoms with Gasteiger partial charge in [0, 0.05) is 44.7 Å². The van der Waals surface area contributed by atoms with Crippen LogP contribution in [0.15, 0.2) is 48.7 Å². The van der Waals surface area contributed by atoms with E-state index in [0.717, 1.165) is 48.6 Å². The predicted octanol–water partition coefficient (Wildman–Crippen LogP) is 3.48. The van der Waals surface area contributed by atoms with Crippen LogP contribution in [0.25, 0.3) is 11.0 Å². The molecule has 0 radical (unpaired) electrons. The van der Waals surface area contributed by atoms with Crippen molar-refractivity contribution in [3.05, 3.63) is 54.5 Å². The summed E-state index contributed by atoms with van der Waals surface area (Å²) >= 11 is 0. The summed E-state index contributed by atoms with van der Waals surface area (Å²) in [6.07, 6.45) is 4.46. The first kappa shape index (κ1) is 22.3. The maximum atomic E-state index is 12.5. The van der Waals surface area contributed by atoms with E-state index >= 15 is 0 Å². The van der Waals surface area contributed by atoms with Crippen LogP contribution in [0, 0.1) is 0 Å². The second-order valence-electron chi connectivity index (χ2n) is 9.08. The van der Waals surface area contributed by atoms with Gasteiger partial charge in [-0.05, 0) is 43.5 Å². The lowest BCUT2D eigenvalue weighted by Gasteiger charge is -2.39. The van der Waals surface area contributed by atoms with E-state index in [1.165, 1.54) is 0 Å². The smallest absolute Gasteiger partial charge is 0.220 e. The molecule has 1 aliphatic heterocycles. The molecule has 170 valence electrons. The minimum Gasteiger partial charge on any atom is -0.386 e. The van der Waals surface area contributed by atoms with Gasteiger partial charge in [-0.1, -0.05) is 32.0 Å². The Morgan fingerprint density at radius 3 is 2.81 bits per heavy atom. The molecule has 1 unspecified atom stereocenters. The van der Waals surface area contributed by atoms with E-state index in [1.54, 1.807) is 6.20 Å². The van der Waals surface area contributed by atoms with Crippen LogP contribution in [-0.2, 0) is 11.3 Å². The molecule has 2 aromatic heterocycles. The number of β-amino-alcohol motifs (C(OH)–C–C–N with tert-alkyl or cyclic N) is 1. The summed E-state index contributed by atoms with van der Waals surface area (Å²) < 4.78 is 2.23. The van der Waals surface area contributed by atoms with Crippen LogP contribution in [0.2, 0.25) is 0 Å². The molecule has 4 rings (SSSR count). The number of hydrogen-bond donors (Lipinski definition) is 2. The molecule has 1 saturated heterocycles. The first-order chi connectivity index (χ1) is 15.5. The average Bonchev–Trinajstić information content (AvgIpc) is 3.18. The predicted molar refractivity (Wildman–Crippen MR) is 127 cm³/mol. The molecule has 0 aliphatic carbocycles. The summed E-state index contributed by atoms with van der Waals surface area (Å²) in [5, 5.41) is 14.0. The van der Waals surface area contributed by atoms with Gasteiger partial charge in [0.15, 0.2) is 0 Å². The maximum Gasteiger partial charge on any atom is 0.220 e. The molecule has 7 nitrogen and oxygen atoms in total. The largest absolute Gasteiger partial charge is 0.386 e. The van der Waals surface area contributed by atoms with Crippen LogP contribution in [0.4, 0.5) is 5.82 Å². The van der Waals surface area contributed by atoms with Crippen molar-refractivity contribution in [1.82, 2.24) is 19.9 Å². The summed E-state index contributed by atoms with van der Waals surface area (Å²) in [6.45, 7) is 6.64. The van der Waals surface area contributed by atoms with Gasteiger partial charge in [0.25, 0.3) is 0 Å². The number of fused-ring (bicyclic) bond motifs is 1. The number of nitrogens with zero attached hydrogens (tertiary/aromatic N) is 4. The minimum atomic E-state index is -0.934. The van der Waals surface area contributed by atoms with Crippen LogP contribution < -0.4 is 10.2 Å². The zero-order valence-corrected chi connectivity index (χ0v) is 19.0. The highest BCUT2D eigenvalue weighted by molar-refractivity contribution is 5.77. The zero-order valence-electron chi connectivity index (χ0n) is 19.0. The molecular formula is C25H33N5O2. The number of imidazole rings is 1. The van der Waals surface area contributed by atoms with Crippen molar-refractivity contribution in [2.75, 3.05) is 24.5 Å². The molecule has 32 heavy (non-hydrogen) atoms. The van der Waals surface area contributed by atoms with Gasteiger partial charge in [0.1, 0.15) is 11.6 Å². The summed E-state index contributed by atoms with van der Waals surface area (Å²) in [6, 6.07) is 13.9. The topological polar surface area (TPSA) is 83.3 Å². The van der Waals surface area contributed by atoms with Gasteiger partial charge in [0.2, 0.25) is 5.91 Å². The zero-order chi connectivity index (χ0) is 22.6. The monoisotopic (exact) mass is 435 g/mol. The Hall–Kier alpha value is -2.93. The molecule has 1 atom stereocenters. The highest BCUT2D eigenvalue weighted by Gasteiger charge is 2.34. The van der Waals surface area contributed by atoms with Crippen molar-refractivity contribution in [3.8, 4) is 0 Å². The number of hydrogen-bond acceptors (Lipinski definition) is 5. The number of piperidine rings is 1. The first-order valence-electron chi connectivity index (χ1n) is 11.6. The molecule has 0 saturated carbocycles. The van der Waals surface area contributed by atoms with E-state index in [4.69, 9.17) is 4.98 Å². The normalized spacial score (nSPS) is 18.9. The van der Waals surface area contributed by atoms with E-state index < -0.39 is 5.60 Å². The quantitative estimate of drug-likeness (QED) is 0.566. The molecule has 1 amide bonds. The van der Waals surface area contributed by atoms with Crippen LogP contribution in [-0.4, -0.2) is 50.8 Å². The second kappa shape index (κ2) is 9.69. The summed E-state index contributed by atoms with van der Waals surface area (Å²) in [7, 11) is 0. The van der Waals surface area contributed by atoms with Gasteiger partial charge in [0.05, 0.1) is 16.6 Å². The summed E-state index contributed by atoms with van der Waals surface area (Å²) in [4.78, 5) is 23.8. The third-order valence-corrected chi connectivity index (χ3v) is 6.13. The van der Waals surface area contributed by atoms with Crippen molar-refractivity contribution in [1.29, 1.82) is 0 Å². The number of aryl methyl sites for hydroxylation is 1. The lowest BCUT2D eigenvalue weighted by atomic mass is 9.92. The molecular weight excluding hydrogens is 402 g/mol. The Kier molecular flexibility index (Phi) is 6.74. The number of aliphatic hydroxyl groups is 1. The van der Waals surface area contributed by atoms with Gasteiger partial charge in [-0.3, -0.25) is 4.79 Å². The average molecular weight is 436 g/mol. The molecule has 2 N–H and O–H groups in total. The van der Waals surface area contributed by atoms with Gasteiger partial charge >= 0.3 is 0 Å². The van der Waals surface area contributed by atoms with Crippen molar-refractivity contribution in [2.45, 2.75) is 57.6 Å². The number of benzene rings is 1. The van der Waals surface area contributed by atoms with Crippen LogP contribution in [0.5, 0.6) is 0 Å². The van der Waals surface area contributed by atoms with Crippen molar-refractivity contribution in [2.24, 2.45) is 0 Å². The fourth-order valence-corrected chi connectivity index (χ4v) is 4.51. The number of rotatable bonds is 8. The van der Waals surface area contributed by atoms with Crippen LogP contribution >= 0.6 is 0 Å². The minimum absolute atomic E-state index is 0.0242. The molecule has 3 heterocycles. The van der Waals surface area contributed by atoms with E-state index in [2.05, 4.69) is 39.7 Å². The third-order valence-electron chi connectivity index (χ3n) is 6.13. The van der Waals surface area contributed by atoms with Crippen molar-refractivity contribution >= 4 is 22.8 Å². The Morgan fingerprint density at radius 2 is 2.03 bits per heavy atom. The number of carbonyl (C=O) groups is 1.